The van der Waals surface area contributed by atoms with Crippen molar-refractivity contribution in [3.8, 4) is 0 Å². The minimum atomic E-state index is 0.244. The summed E-state index contributed by atoms with van der Waals surface area (Å²) in [6, 6.07) is 0. The van der Waals surface area contributed by atoms with E-state index in [-0.39, 0.29) is 5.92 Å². The standard InChI is InChI=1S/C10H16O/c1-3-10(11)9-6-4-5-8(2)7-9/h7,9H,3-6H2,1-2H3. The van der Waals surface area contributed by atoms with Crippen LogP contribution >= 0.6 is 0 Å². The fourth-order valence-electron chi connectivity index (χ4n) is 1.63. The van der Waals surface area contributed by atoms with Crippen molar-refractivity contribution in [1.29, 1.82) is 0 Å². The predicted molar refractivity (Wildman–Crippen MR) is 46.4 cm³/mol. The highest BCUT2D eigenvalue weighted by molar-refractivity contribution is 5.82. The first-order chi connectivity index (χ1) is 5.24. The molecule has 11 heavy (non-hydrogen) atoms. The van der Waals surface area contributed by atoms with Gasteiger partial charge in [-0.1, -0.05) is 18.6 Å². The van der Waals surface area contributed by atoms with Gasteiger partial charge in [-0.2, -0.15) is 0 Å². The van der Waals surface area contributed by atoms with E-state index in [1.54, 1.807) is 0 Å². The molecule has 0 spiro atoms. The minimum Gasteiger partial charge on any atom is -0.299 e. The molecule has 1 heteroatoms. The second kappa shape index (κ2) is 3.70. The third-order valence-corrected chi connectivity index (χ3v) is 2.33. The van der Waals surface area contributed by atoms with Gasteiger partial charge >= 0.3 is 0 Å². The Bertz CT molecular complexity index is 179. The van der Waals surface area contributed by atoms with Crippen molar-refractivity contribution < 1.29 is 4.79 Å². The molecular weight excluding hydrogens is 136 g/mol. The van der Waals surface area contributed by atoms with E-state index in [4.69, 9.17) is 0 Å². The van der Waals surface area contributed by atoms with E-state index < -0.39 is 0 Å². The zero-order valence-electron chi connectivity index (χ0n) is 7.39. The van der Waals surface area contributed by atoms with E-state index in [2.05, 4.69) is 13.0 Å². The first-order valence-corrected chi connectivity index (χ1v) is 4.44. The normalized spacial score (nSPS) is 24.5. The van der Waals surface area contributed by atoms with Gasteiger partial charge < -0.3 is 0 Å². The third kappa shape index (κ3) is 2.18. The molecule has 62 valence electrons. The lowest BCUT2D eigenvalue weighted by molar-refractivity contribution is -0.121. The van der Waals surface area contributed by atoms with E-state index in [1.165, 1.54) is 18.4 Å². The van der Waals surface area contributed by atoms with Gasteiger partial charge in [0.2, 0.25) is 0 Å². The second-order valence-corrected chi connectivity index (χ2v) is 3.33. The van der Waals surface area contributed by atoms with Gasteiger partial charge in [-0.3, -0.25) is 4.79 Å². The molecule has 0 aliphatic heterocycles. The van der Waals surface area contributed by atoms with Gasteiger partial charge in [-0.05, 0) is 26.2 Å². The third-order valence-electron chi connectivity index (χ3n) is 2.33. The number of rotatable bonds is 2. The summed E-state index contributed by atoms with van der Waals surface area (Å²) in [7, 11) is 0. The van der Waals surface area contributed by atoms with Gasteiger partial charge in [-0.25, -0.2) is 0 Å². The molecule has 1 rings (SSSR count). The Morgan fingerprint density at radius 3 is 3.00 bits per heavy atom. The van der Waals surface area contributed by atoms with Crippen molar-refractivity contribution in [2.45, 2.75) is 39.5 Å². The zero-order valence-corrected chi connectivity index (χ0v) is 7.39. The summed E-state index contributed by atoms with van der Waals surface area (Å²) in [6.07, 6.45) is 6.29. The van der Waals surface area contributed by atoms with Crippen LogP contribution in [0.5, 0.6) is 0 Å². The number of carbonyl (C=O) groups is 1. The molecule has 0 fully saturated rings. The average molecular weight is 152 g/mol. The van der Waals surface area contributed by atoms with Crippen molar-refractivity contribution in [2.75, 3.05) is 0 Å². The van der Waals surface area contributed by atoms with Crippen LogP contribution in [0, 0.1) is 5.92 Å². The van der Waals surface area contributed by atoms with Gasteiger partial charge in [0.25, 0.3) is 0 Å². The molecule has 0 aromatic rings. The molecule has 0 radical (unpaired) electrons. The summed E-state index contributed by atoms with van der Waals surface area (Å²) in [5.74, 6) is 0.651. The van der Waals surface area contributed by atoms with Crippen molar-refractivity contribution in [1.82, 2.24) is 0 Å². The van der Waals surface area contributed by atoms with Gasteiger partial charge in [0.05, 0.1) is 0 Å². The Balaban J connectivity index is 2.59. The quantitative estimate of drug-likeness (QED) is 0.556. The maximum atomic E-state index is 11.3. The Morgan fingerprint density at radius 2 is 2.45 bits per heavy atom. The molecule has 1 unspecified atom stereocenters. The van der Waals surface area contributed by atoms with Crippen LogP contribution in [0.3, 0.4) is 0 Å². The summed E-state index contributed by atoms with van der Waals surface area (Å²) in [5, 5.41) is 0. The number of Topliss-reactive ketones (excluding diaryl/α,β-unsaturated/α-hetero) is 1. The molecule has 0 amide bonds. The molecule has 0 aromatic heterocycles. The van der Waals surface area contributed by atoms with Gasteiger partial charge in [0.1, 0.15) is 5.78 Å². The van der Waals surface area contributed by atoms with Crippen molar-refractivity contribution in [3.63, 3.8) is 0 Å². The lowest BCUT2D eigenvalue weighted by Crippen LogP contribution is -2.14. The number of carbonyl (C=O) groups excluding carboxylic acids is 1. The SMILES string of the molecule is CCC(=O)C1C=C(C)CCC1. The van der Waals surface area contributed by atoms with Crippen LogP contribution in [0.1, 0.15) is 39.5 Å². The maximum Gasteiger partial charge on any atom is 0.139 e. The lowest BCUT2D eigenvalue weighted by Gasteiger charge is -2.17. The monoisotopic (exact) mass is 152 g/mol. The Labute approximate surface area is 68.5 Å². The maximum absolute atomic E-state index is 11.3. The molecule has 0 saturated heterocycles. The molecule has 1 atom stereocenters. The fourth-order valence-corrected chi connectivity index (χ4v) is 1.63. The highest BCUT2D eigenvalue weighted by Gasteiger charge is 2.16. The smallest absolute Gasteiger partial charge is 0.139 e. The molecular formula is C10H16O. The number of allylic oxidation sites excluding steroid dienone is 2. The summed E-state index contributed by atoms with van der Waals surface area (Å²) < 4.78 is 0. The summed E-state index contributed by atoms with van der Waals surface area (Å²) in [5.41, 5.74) is 1.39. The number of hydrogen-bond donors (Lipinski definition) is 0. The van der Waals surface area contributed by atoms with Crippen LogP contribution in [0.4, 0.5) is 0 Å². The average Bonchev–Trinajstić information content (AvgIpc) is 2.03. The van der Waals surface area contributed by atoms with E-state index >= 15 is 0 Å². The lowest BCUT2D eigenvalue weighted by atomic mass is 9.87. The molecule has 0 heterocycles. The summed E-state index contributed by atoms with van der Waals surface area (Å²) in [4.78, 5) is 11.3. The summed E-state index contributed by atoms with van der Waals surface area (Å²) >= 11 is 0. The molecule has 1 nitrogen and oxygen atoms in total. The zero-order chi connectivity index (χ0) is 8.27. The van der Waals surface area contributed by atoms with Crippen LogP contribution in [0.25, 0.3) is 0 Å². The minimum absolute atomic E-state index is 0.244. The number of hydrogen-bond acceptors (Lipinski definition) is 1. The van der Waals surface area contributed by atoms with Crippen LogP contribution in [0.2, 0.25) is 0 Å². The molecule has 0 saturated carbocycles. The van der Waals surface area contributed by atoms with Crippen molar-refractivity contribution in [2.24, 2.45) is 5.92 Å². The Kier molecular flexibility index (Phi) is 2.86. The highest BCUT2D eigenvalue weighted by Crippen LogP contribution is 2.23. The van der Waals surface area contributed by atoms with Crippen LogP contribution < -0.4 is 0 Å². The largest absolute Gasteiger partial charge is 0.299 e. The van der Waals surface area contributed by atoms with Gasteiger partial charge in [0, 0.05) is 12.3 Å². The molecule has 1 aliphatic carbocycles. The second-order valence-electron chi connectivity index (χ2n) is 3.33. The van der Waals surface area contributed by atoms with Crippen LogP contribution in [0.15, 0.2) is 11.6 Å². The Morgan fingerprint density at radius 1 is 1.73 bits per heavy atom. The molecule has 0 N–H and O–H groups in total. The van der Waals surface area contributed by atoms with E-state index in [1.807, 2.05) is 6.92 Å². The molecule has 0 aromatic carbocycles. The van der Waals surface area contributed by atoms with Crippen LogP contribution in [-0.4, -0.2) is 5.78 Å². The topological polar surface area (TPSA) is 17.1 Å². The predicted octanol–water partition coefficient (Wildman–Crippen LogP) is 2.71. The van der Waals surface area contributed by atoms with E-state index in [9.17, 15) is 4.79 Å². The number of ketones is 1. The van der Waals surface area contributed by atoms with E-state index in [0.29, 0.717) is 12.2 Å². The van der Waals surface area contributed by atoms with E-state index in [0.717, 1.165) is 6.42 Å². The first kappa shape index (κ1) is 8.51. The Hall–Kier alpha value is -0.590. The molecule has 1 aliphatic rings. The highest BCUT2D eigenvalue weighted by atomic mass is 16.1. The first-order valence-electron chi connectivity index (χ1n) is 4.44. The van der Waals surface area contributed by atoms with Crippen molar-refractivity contribution in [3.05, 3.63) is 11.6 Å². The van der Waals surface area contributed by atoms with Crippen molar-refractivity contribution >= 4 is 5.78 Å². The van der Waals surface area contributed by atoms with Gasteiger partial charge in [-0.15, -0.1) is 0 Å². The summed E-state index contributed by atoms with van der Waals surface area (Å²) in [6.45, 7) is 4.06. The van der Waals surface area contributed by atoms with Crippen LogP contribution in [-0.2, 0) is 4.79 Å². The fraction of sp³-hybridized carbons (Fsp3) is 0.700. The molecule has 0 bridgehead atoms. The van der Waals surface area contributed by atoms with Gasteiger partial charge in [0.15, 0.2) is 0 Å².